The Balaban J connectivity index is 1.26. The standard InChI is InChI=1S/C28H22FN7O3S2/c1-38-26(37)23-22(16-40-28-33-31-25(41-28)18-7-3-2-4-8-18)30-27-32-34-35-36(27)24(23)17-11-13-20(14-12-17)39-15-19-9-5-6-10-21(19)29/h2-14,24H,15-16H2,1H3,(H,30,32,35). The van der Waals surface area contributed by atoms with E-state index < -0.39 is 12.0 Å². The molecule has 1 aliphatic heterocycles. The summed E-state index contributed by atoms with van der Waals surface area (Å²) in [5, 5.41) is 24.7. The fourth-order valence-corrected chi connectivity index (χ4v) is 6.15. The first-order chi connectivity index (χ1) is 20.1. The van der Waals surface area contributed by atoms with E-state index in [0.717, 1.165) is 20.5 Å². The molecule has 1 aliphatic rings. The topological polar surface area (TPSA) is 117 Å². The van der Waals surface area contributed by atoms with Crippen LogP contribution >= 0.6 is 23.1 Å². The summed E-state index contributed by atoms with van der Waals surface area (Å²) in [6.07, 6.45) is 0. The largest absolute Gasteiger partial charge is 0.489 e. The van der Waals surface area contributed by atoms with Crippen molar-refractivity contribution in [2.75, 3.05) is 18.2 Å². The van der Waals surface area contributed by atoms with Crippen molar-refractivity contribution in [1.29, 1.82) is 0 Å². The van der Waals surface area contributed by atoms with Gasteiger partial charge in [-0.1, -0.05) is 88.9 Å². The van der Waals surface area contributed by atoms with Crippen LogP contribution < -0.4 is 10.1 Å². The van der Waals surface area contributed by atoms with Crippen molar-refractivity contribution in [2.24, 2.45) is 0 Å². The molecule has 0 bridgehead atoms. The molecule has 6 rings (SSSR count). The minimum atomic E-state index is -0.654. The van der Waals surface area contributed by atoms with Crippen LogP contribution in [0.3, 0.4) is 0 Å². The number of esters is 1. The van der Waals surface area contributed by atoms with Crippen molar-refractivity contribution in [3.05, 3.63) is 107 Å². The Morgan fingerprint density at radius 2 is 1.80 bits per heavy atom. The predicted molar refractivity (Wildman–Crippen MR) is 152 cm³/mol. The second kappa shape index (κ2) is 11.9. The van der Waals surface area contributed by atoms with Crippen molar-refractivity contribution in [2.45, 2.75) is 17.0 Å². The Morgan fingerprint density at radius 3 is 2.59 bits per heavy atom. The molecule has 0 spiro atoms. The van der Waals surface area contributed by atoms with E-state index in [1.54, 1.807) is 30.3 Å². The van der Waals surface area contributed by atoms with Crippen LogP contribution in [0.2, 0.25) is 0 Å². The molecule has 3 heterocycles. The number of tetrazole rings is 1. The lowest BCUT2D eigenvalue weighted by molar-refractivity contribution is -0.136. The number of rotatable bonds is 9. The van der Waals surface area contributed by atoms with Gasteiger partial charge >= 0.3 is 5.97 Å². The van der Waals surface area contributed by atoms with Crippen molar-refractivity contribution in [3.8, 4) is 16.3 Å². The van der Waals surface area contributed by atoms with Gasteiger partial charge in [-0.3, -0.25) is 0 Å². The number of nitrogens with zero attached hydrogens (tertiary/aromatic N) is 6. The first kappa shape index (κ1) is 26.6. The molecule has 0 aliphatic carbocycles. The Labute approximate surface area is 242 Å². The van der Waals surface area contributed by atoms with Crippen LogP contribution in [0.15, 0.2) is 94.5 Å². The van der Waals surface area contributed by atoms with Crippen molar-refractivity contribution < 1.29 is 18.7 Å². The van der Waals surface area contributed by atoms with E-state index in [-0.39, 0.29) is 12.4 Å². The number of thioether (sulfide) groups is 1. The average Bonchev–Trinajstić information content (AvgIpc) is 3.69. The molecule has 1 N–H and O–H groups in total. The maximum Gasteiger partial charge on any atom is 0.338 e. The molecule has 5 aromatic rings. The average molecular weight is 588 g/mol. The predicted octanol–water partition coefficient (Wildman–Crippen LogP) is 5.14. The lowest BCUT2D eigenvalue weighted by Gasteiger charge is -2.28. The minimum absolute atomic E-state index is 0.0861. The third-order valence-electron chi connectivity index (χ3n) is 6.32. The molecule has 0 fully saturated rings. The number of methoxy groups -OCH3 is 1. The van der Waals surface area contributed by atoms with Crippen LogP contribution in [0.4, 0.5) is 10.3 Å². The molecule has 2 aromatic heterocycles. The zero-order valence-electron chi connectivity index (χ0n) is 21.6. The summed E-state index contributed by atoms with van der Waals surface area (Å²) in [6, 6.07) is 22.8. The second-order valence-electron chi connectivity index (χ2n) is 8.84. The van der Waals surface area contributed by atoms with Crippen LogP contribution in [0.25, 0.3) is 10.6 Å². The summed E-state index contributed by atoms with van der Waals surface area (Å²) in [6.45, 7) is 0.0861. The van der Waals surface area contributed by atoms with Crippen LogP contribution in [0.5, 0.6) is 5.75 Å². The summed E-state index contributed by atoms with van der Waals surface area (Å²) in [5.74, 6) is 0.476. The number of ether oxygens (including phenoxy) is 2. The number of fused-ring (bicyclic) bond motifs is 1. The molecule has 10 nitrogen and oxygen atoms in total. The van der Waals surface area contributed by atoms with Gasteiger partial charge in [-0.2, -0.15) is 4.68 Å². The summed E-state index contributed by atoms with van der Waals surface area (Å²) in [7, 11) is 1.34. The second-order valence-corrected chi connectivity index (χ2v) is 11.0. The lowest BCUT2D eigenvalue weighted by atomic mass is 9.95. The Bertz CT molecular complexity index is 1710. The van der Waals surface area contributed by atoms with E-state index in [9.17, 15) is 9.18 Å². The van der Waals surface area contributed by atoms with E-state index >= 15 is 0 Å². The molecule has 206 valence electrons. The fourth-order valence-electron chi connectivity index (χ4n) is 4.33. The van der Waals surface area contributed by atoms with E-state index in [0.29, 0.717) is 34.3 Å². The number of hydrogen-bond acceptors (Lipinski definition) is 11. The number of carbonyl (C=O) groups excluding carboxylic acids is 1. The molecule has 13 heteroatoms. The van der Waals surface area contributed by atoms with Gasteiger partial charge in [-0.25, -0.2) is 9.18 Å². The Morgan fingerprint density at radius 1 is 1.02 bits per heavy atom. The van der Waals surface area contributed by atoms with E-state index in [1.165, 1.54) is 41.0 Å². The molecule has 0 saturated heterocycles. The maximum absolute atomic E-state index is 14.0. The monoisotopic (exact) mass is 587 g/mol. The summed E-state index contributed by atoms with van der Waals surface area (Å²) < 4.78 is 27.2. The zero-order valence-corrected chi connectivity index (χ0v) is 23.2. The fraction of sp³-hybridized carbons (Fsp3) is 0.143. The van der Waals surface area contributed by atoms with Gasteiger partial charge in [0.05, 0.1) is 12.7 Å². The Kier molecular flexibility index (Phi) is 7.69. The highest BCUT2D eigenvalue weighted by molar-refractivity contribution is 8.01. The van der Waals surface area contributed by atoms with E-state index in [2.05, 4.69) is 31.0 Å². The van der Waals surface area contributed by atoms with Crippen molar-refractivity contribution in [3.63, 3.8) is 0 Å². The number of nitrogens with one attached hydrogen (secondary N) is 1. The third kappa shape index (κ3) is 5.67. The van der Waals surface area contributed by atoms with E-state index in [4.69, 9.17) is 9.47 Å². The molecular formula is C28H22FN7O3S2. The van der Waals surface area contributed by atoms with Crippen molar-refractivity contribution >= 4 is 35.0 Å². The van der Waals surface area contributed by atoms with Gasteiger partial charge in [0.2, 0.25) is 5.95 Å². The number of hydrogen-bond donors (Lipinski definition) is 1. The van der Waals surface area contributed by atoms with Crippen molar-refractivity contribution in [1.82, 2.24) is 30.4 Å². The van der Waals surface area contributed by atoms with Crippen LogP contribution in [-0.2, 0) is 16.1 Å². The van der Waals surface area contributed by atoms with Crippen LogP contribution in [0, 0.1) is 5.82 Å². The zero-order chi connectivity index (χ0) is 28.2. The Hall–Kier alpha value is -4.62. The first-order valence-electron chi connectivity index (χ1n) is 12.4. The highest BCUT2D eigenvalue weighted by Crippen LogP contribution is 2.38. The number of aromatic nitrogens is 6. The van der Waals surface area contributed by atoms with Crippen LogP contribution in [0.1, 0.15) is 17.2 Å². The molecule has 0 radical (unpaired) electrons. The highest BCUT2D eigenvalue weighted by atomic mass is 32.2. The molecule has 0 saturated carbocycles. The molecule has 3 aromatic carbocycles. The van der Waals surface area contributed by atoms with Gasteiger partial charge in [0.1, 0.15) is 29.2 Å². The number of anilines is 1. The highest BCUT2D eigenvalue weighted by Gasteiger charge is 2.36. The van der Waals surface area contributed by atoms with Crippen LogP contribution in [-0.4, -0.2) is 49.2 Å². The smallest absolute Gasteiger partial charge is 0.338 e. The molecular weight excluding hydrogens is 565 g/mol. The first-order valence-corrected chi connectivity index (χ1v) is 14.2. The van der Waals surface area contributed by atoms with Gasteiger partial charge in [-0.05, 0) is 34.2 Å². The summed E-state index contributed by atoms with van der Waals surface area (Å²) in [5.41, 5.74) is 3.15. The molecule has 41 heavy (non-hydrogen) atoms. The van der Waals surface area contributed by atoms with Gasteiger partial charge in [0.25, 0.3) is 0 Å². The molecule has 1 unspecified atom stereocenters. The quantitative estimate of drug-likeness (QED) is 0.183. The summed E-state index contributed by atoms with van der Waals surface area (Å²) >= 11 is 2.92. The molecule has 1 atom stereocenters. The number of benzene rings is 3. The third-order valence-corrected chi connectivity index (χ3v) is 8.45. The normalized spacial score (nSPS) is 14.3. The molecule has 0 amide bonds. The minimum Gasteiger partial charge on any atom is -0.489 e. The maximum atomic E-state index is 14.0. The van der Waals surface area contributed by atoms with Gasteiger partial charge in [-0.15, -0.1) is 10.2 Å². The lowest BCUT2D eigenvalue weighted by Crippen LogP contribution is -2.30. The van der Waals surface area contributed by atoms with Gasteiger partial charge < -0.3 is 14.8 Å². The van der Waals surface area contributed by atoms with E-state index in [1.807, 2.05) is 42.5 Å². The SMILES string of the molecule is COC(=O)C1=C(CSc2nnc(-c3ccccc3)s2)Nc2nnnn2C1c1ccc(OCc2ccccc2F)cc1. The van der Waals surface area contributed by atoms with Gasteiger partial charge in [0, 0.05) is 22.6 Å². The summed E-state index contributed by atoms with van der Waals surface area (Å²) in [4.78, 5) is 13.2. The van der Waals surface area contributed by atoms with Gasteiger partial charge in [0.15, 0.2) is 4.34 Å². The number of halogens is 1. The number of carbonyl (C=O) groups is 1.